The van der Waals surface area contributed by atoms with Crippen molar-refractivity contribution in [1.82, 2.24) is 9.80 Å². The highest BCUT2D eigenvalue weighted by Crippen LogP contribution is 2.49. The fraction of sp³-hybridized carbons (Fsp3) is 0.321. The zero-order valence-electron chi connectivity index (χ0n) is 62.0. The summed E-state index contributed by atoms with van der Waals surface area (Å²) in [5.41, 5.74) is 29.7. The summed E-state index contributed by atoms with van der Waals surface area (Å²) in [7, 11) is 10.2. The summed E-state index contributed by atoms with van der Waals surface area (Å²) in [5, 5.41) is 28.0. The molecule has 506 valence electrons. The summed E-state index contributed by atoms with van der Waals surface area (Å²) in [6.45, 7) is 51.0. The molecule has 15 heteroatoms. The van der Waals surface area contributed by atoms with E-state index in [0.29, 0.717) is 11.6 Å². The van der Waals surface area contributed by atoms with Crippen LogP contribution in [-0.2, 0) is 0 Å². The molecule has 13 rings (SSSR count). The molecule has 99 heavy (non-hydrogen) atoms. The number of hydrogen-bond donors (Lipinski definition) is 0. The topological polar surface area (TPSA) is 112 Å². The predicted molar refractivity (Wildman–Crippen MR) is 411 cm³/mol. The summed E-state index contributed by atoms with van der Waals surface area (Å²) < 4.78 is 0. The molecule has 8 aromatic rings. The Balaban J connectivity index is 0.000000145. The molecule has 0 aromatic heterocycles. The van der Waals surface area contributed by atoms with Gasteiger partial charge in [-0.25, -0.2) is 0 Å². The van der Waals surface area contributed by atoms with Gasteiger partial charge in [-0.15, -0.1) is 0 Å². The summed E-state index contributed by atoms with van der Waals surface area (Å²) in [6.07, 6.45) is 4.79. The number of rotatable bonds is 5. The van der Waals surface area contributed by atoms with Gasteiger partial charge in [0.2, 0.25) is 11.6 Å². The first kappa shape index (κ1) is 72.0. The number of nitriles is 3. The molecule has 0 saturated heterocycles. The van der Waals surface area contributed by atoms with Crippen LogP contribution in [0.15, 0.2) is 158 Å². The molecule has 0 amide bonds. The van der Waals surface area contributed by atoms with Crippen LogP contribution in [0.2, 0.25) is 0 Å². The van der Waals surface area contributed by atoms with Crippen molar-refractivity contribution in [3.63, 3.8) is 0 Å². The Morgan fingerprint density at radius 1 is 0.313 bits per heavy atom. The Morgan fingerprint density at radius 3 is 1.12 bits per heavy atom. The van der Waals surface area contributed by atoms with E-state index < -0.39 is 0 Å². The van der Waals surface area contributed by atoms with Gasteiger partial charge in [0.15, 0.2) is 12.3 Å². The number of hydrogen-bond acceptors (Lipinski definition) is 13. The summed E-state index contributed by atoms with van der Waals surface area (Å²) in [4.78, 5) is 29.2. The van der Waals surface area contributed by atoms with E-state index in [9.17, 15) is 15.8 Å². The molecule has 5 aliphatic heterocycles. The van der Waals surface area contributed by atoms with Crippen molar-refractivity contribution in [3.05, 3.63) is 264 Å². The van der Waals surface area contributed by atoms with Crippen LogP contribution in [0.25, 0.3) is 9.69 Å². The summed E-state index contributed by atoms with van der Waals surface area (Å²) in [6, 6.07) is 52.6. The lowest BCUT2D eigenvalue weighted by atomic mass is 9.97. The normalized spacial score (nSPS) is 17.6. The van der Waals surface area contributed by atoms with Gasteiger partial charge >= 0.3 is 0 Å². The zero-order chi connectivity index (χ0) is 72.3. The van der Waals surface area contributed by atoms with Crippen molar-refractivity contribution >= 4 is 62.6 Å². The van der Waals surface area contributed by atoms with Crippen molar-refractivity contribution in [2.75, 3.05) is 74.4 Å². The molecule has 5 aliphatic rings. The largest absolute Gasteiger partial charge is 0.363 e. The molecule has 0 radical (unpaired) electrons. The molecular formula is C84H95N15. The lowest BCUT2D eigenvalue weighted by Gasteiger charge is -2.29. The molecule has 0 bridgehead atoms. The molecular weight excluding hydrogens is 1220 g/mol. The summed E-state index contributed by atoms with van der Waals surface area (Å²) in [5.74, 6) is 1.39. The van der Waals surface area contributed by atoms with Crippen molar-refractivity contribution in [1.29, 1.82) is 15.8 Å². The molecule has 0 aliphatic carbocycles. The van der Waals surface area contributed by atoms with Crippen LogP contribution in [0, 0.1) is 130 Å². The highest BCUT2D eigenvalue weighted by atomic mass is 15.4. The minimum atomic E-state index is 0.184. The second-order valence-corrected chi connectivity index (χ2v) is 26.9. The van der Waals surface area contributed by atoms with Gasteiger partial charge in [0, 0.05) is 64.7 Å². The van der Waals surface area contributed by atoms with E-state index in [1.807, 2.05) is 77.0 Å². The van der Waals surface area contributed by atoms with Crippen LogP contribution in [0.3, 0.4) is 0 Å². The predicted octanol–water partition coefficient (Wildman–Crippen LogP) is 19.2. The third-order valence-corrected chi connectivity index (χ3v) is 20.6. The maximum atomic E-state index is 9.37. The molecule has 5 heterocycles. The van der Waals surface area contributed by atoms with Crippen LogP contribution in [0.4, 0.5) is 62.6 Å². The fourth-order valence-corrected chi connectivity index (χ4v) is 14.3. The lowest BCUT2D eigenvalue weighted by Crippen LogP contribution is -2.36. The van der Waals surface area contributed by atoms with E-state index in [1.165, 1.54) is 95.2 Å². The molecule has 0 fully saturated rings. The maximum absolute atomic E-state index is 9.37. The van der Waals surface area contributed by atoms with Gasteiger partial charge in [-0.2, -0.15) is 15.8 Å². The minimum Gasteiger partial charge on any atom is -0.363 e. The van der Waals surface area contributed by atoms with Crippen molar-refractivity contribution in [2.45, 2.75) is 149 Å². The number of nitrogens with zero attached hydrogens (tertiary/aromatic N) is 15. The van der Waals surface area contributed by atoms with Crippen LogP contribution in [0.5, 0.6) is 0 Å². The van der Waals surface area contributed by atoms with Gasteiger partial charge in [0.05, 0.1) is 50.8 Å². The number of para-hydroxylation sites is 4. The monoisotopic (exact) mass is 1310 g/mol. The van der Waals surface area contributed by atoms with Gasteiger partial charge in [0.1, 0.15) is 48.1 Å². The van der Waals surface area contributed by atoms with E-state index >= 15 is 0 Å². The smallest absolute Gasteiger partial charge is 0.247 e. The van der Waals surface area contributed by atoms with Gasteiger partial charge in [0.25, 0.3) is 0 Å². The van der Waals surface area contributed by atoms with Gasteiger partial charge in [-0.1, -0.05) is 97.6 Å². The van der Waals surface area contributed by atoms with E-state index in [4.69, 9.17) is 13.1 Å². The Bertz CT molecular complexity index is 4700. The molecule has 0 N–H and O–H groups in total. The zero-order valence-corrected chi connectivity index (χ0v) is 62.0. The first-order chi connectivity index (χ1) is 47.1. The fourth-order valence-electron chi connectivity index (χ4n) is 14.3. The molecule has 5 atom stereocenters. The SMILES string of the molecule is Cc1ccc(C)c(N2c3cccc(C#N)c3N(C)[C@@H]2C)c1.Cc1ccc(N2c3cccc(C#N)c3N(C)[C@@H]2C)c(C)c1.Cc1ccccc1N1c2cccc(C#N)c2N(C)[C@@H]1C.[C-]#[N+]C1=CN(C)[C@H](C)N1c1c(C)cc(C)c(C)c1C.[C-]#[N+]C1=CN(C)[C@H](C)N1c1c(C)ccc(C)c1C. The van der Waals surface area contributed by atoms with Crippen LogP contribution < -0.4 is 39.2 Å². The van der Waals surface area contributed by atoms with Crippen LogP contribution in [-0.4, -0.2) is 75.9 Å². The van der Waals surface area contributed by atoms with Gasteiger partial charge < -0.3 is 48.9 Å². The Hall–Kier alpha value is -11.3. The average molecular weight is 1310 g/mol. The standard InChI is InChI=1S/2C18H19N3.C17H17N3.C16H21N3.C15H19N3/c1-12-8-9-16(13(2)10-12)21-14(3)20(4)18-15(11-19)6-5-7-17(18)21;1-12-8-9-13(2)17(10-12)21-14(3)20(4)18-15(11-19)6-5-7-16(18)21;1-12-7-4-5-9-15(12)20-13(2)19(3)17-14(11-18)8-6-10-16(17)20;1-10-8-11(2)16(13(4)12(10)3)19-14(5)18(7)9-15(19)17-6;1-10-7-8-11(2)15(12(10)3)18-13(4)17(6)9-14(18)16-5/h2*5-10,14H,1-4H3;4-10,13H,1-3H3;8-9,14H,1-5,7H3;7-9,13H,1-4,6H3/t2*14-;13-;14-;13-/m00000/s1. The second kappa shape index (κ2) is 29.6. The van der Waals surface area contributed by atoms with E-state index in [-0.39, 0.29) is 30.8 Å². The summed E-state index contributed by atoms with van der Waals surface area (Å²) >= 11 is 0. The van der Waals surface area contributed by atoms with Crippen LogP contribution in [0.1, 0.15) is 118 Å². The van der Waals surface area contributed by atoms with Crippen molar-refractivity contribution in [3.8, 4) is 18.2 Å². The van der Waals surface area contributed by atoms with Gasteiger partial charge in [-0.3, -0.25) is 9.80 Å². The van der Waals surface area contributed by atoms with Gasteiger partial charge in [-0.05, 0) is 233 Å². The number of benzene rings is 8. The van der Waals surface area contributed by atoms with E-state index in [1.54, 1.807) is 0 Å². The quantitative estimate of drug-likeness (QED) is 0.153. The Morgan fingerprint density at radius 2 is 0.687 bits per heavy atom. The molecule has 0 spiro atoms. The lowest BCUT2D eigenvalue weighted by molar-refractivity contribution is 0.382. The second-order valence-electron chi connectivity index (χ2n) is 26.9. The van der Waals surface area contributed by atoms with Crippen molar-refractivity contribution in [2.24, 2.45) is 0 Å². The third-order valence-electron chi connectivity index (χ3n) is 20.6. The van der Waals surface area contributed by atoms with Crippen LogP contribution >= 0.6 is 0 Å². The number of anilines is 11. The van der Waals surface area contributed by atoms with E-state index in [0.717, 1.165) is 50.8 Å². The Labute approximate surface area is 590 Å². The molecule has 15 nitrogen and oxygen atoms in total. The molecule has 8 aromatic carbocycles. The first-order valence-corrected chi connectivity index (χ1v) is 33.8. The Kier molecular flexibility index (Phi) is 21.5. The van der Waals surface area contributed by atoms with Crippen molar-refractivity contribution < 1.29 is 0 Å². The highest BCUT2D eigenvalue weighted by molar-refractivity contribution is 5.90. The molecule has 0 saturated carbocycles. The maximum Gasteiger partial charge on any atom is 0.247 e. The highest BCUT2D eigenvalue weighted by Gasteiger charge is 2.39. The minimum absolute atomic E-state index is 0.184. The average Bonchev–Trinajstić information content (AvgIpc) is 1.63. The molecule has 0 unspecified atom stereocenters. The number of fused-ring (bicyclic) bond motifs is 3. The first-order valence-electron chi connectivity index (χ1n) is 33.8. The van der Waals surface area contributed by atoms with E-state index in [2.05, 4.69) is 299 Å². The third kappa shape index (κ3) is 13.5. The number of aryl methyl sites for hydroxylation is 9.